The molecule has 1 aliphatic heterocycles. The molecule has 4 rings (SSSR count). The van der Waals surface area contributed by atoms with Gasteiger partial charge in [-0.3, -0.25) is 24.7 Å². The Hall–Kier alpha value is -3.61. The van der Waals surface area contributed by atoms with Gasteiger partial charge in [0.25, 0.3) is 5.91 Å². The van der Waals surface area contributed by atoms with Crippen molar-refractivity contribution in [3.8, 4) is 5.75 Å². The predicted molar refractivity (Wildman–Crippen MR) is 135 cm³/mol. The van der Waals surface area contributed by atoms with Crippen LogP contribution in [0.3, 0.4) is 0 Å². The van der Waals surface area contributed by atoms with Crippen molar-refractivity contribution < 1.29 is 29.7 Å². The molecule has 204 valence electrons. The minimum Gasteiger partial charge on any atom is -0.505 e. The number of hydrogen-bond donors (Lipinski definition) is 7. The summed E-state index contributed by atoms with van der Waals surface area (Å²) in [5.41, 5.74) is 0.514. The van der Waals surface area contributed by atoms with Crippen LogP contribution < -0.4 is 21.3 Å². The first-order valence-electron chi connectivity index (χ1n) is 12.7. The standard InChI is InChI=1S/C26H34N6O6/c1-13-22(34)17(11-15-5-3-9-27-12-15)30-24(36)19(31-26(38)21-18(33)6-4-10-28-21)14(2)29-25(37)20(16-7-8-16)32-23(13)35/h3-6,9-10,12-14,16-17,19-20,22,24,30,33-34,36H,7-8,11H2,1-2H3,(H,29,37)(H,31,38)(H,32,35). The van der Waals surface area contributed by atoms with Crippen molar-refractivity contribution in [3.05, 3.63) is 54.1 Å². The average molecular weight is 527 g/mol. The molecule has 7 N–H and O–H groups in total. The van der Waals surface area contributed by atoms with Crippen LogP contribution in [0.1, 0.15) is 42.7 Å². The molecule has 1 saturated carbocycles. The van der Waals surface area contributed by atoms with Crippen molar-refractivity contribution in [1.82, 2.24) is 31.2 Å². The Labute approximate surface area is 220 Å². The first-order valence-corrected chi connectivity index (χ1v) is 12.7. The molecule has 38 heavy (non-hydrogen) atoms. The highest BCUT2D eigenvalue weighted by Gasteiger charge is 2.42. The van der Waals surface area contributed by atoms with Crippen LogP contribution in [-0.2, 0) is 16.0 Å². The molecule has 1 aliphatic carbocycles. The van der Waals surface area contributed by atoms with Gasteiger partial charge in [0.05, 0.1) is 24.1 Å². The quantitative estimate of drug-likeness (QED) is 0.262. The number of rotatable bonds is 5. The van der Waals surface area contributed by atoms with Gasteiger partial charge in [-0.05, 0) is 55.9 Å². The Morgan fingerprint density at radius 2 is 1.82 bits per heavy atom. The normalized spacial score (nSPS) is 30.8. The number of aromatic hydroxyl groups is 1. The van der Waals surface area contributed by atoms with Gasteiger partial charge in [-0.15, -0.1) is 0 Å². The van der Waals surface area contributed by atoms with Gasteiger partial charge in [0.1, 0.15) is 18.0 Å². The maximum atomic E-state index is 13.2. The molecular formula is C26H34N6O6. The van der Waals surface area contributed by atoms with Crippen LogP contribution in [0, 0.1) is 11.8 Å². The molecular weight excluding hydrogens is 492 g/mol. The maximum absolute atomic E-state index is 13.2. The number of nitrogens with one attached hydrogen (secondary N) is 4. The number of amides is 3. The summed E-state index contributed by atoms with van der Waals surface area (Å²) in [6, 6.07) is 2.80. The number of aromatic nitrogens is 2. The number of hydrogen-bond acceptors (Lipinski definition) is 9. The van der Waals surface area contributed by atoms with Crippen LogP contribution in [0.4, 0.5) is 0 Å². The second-order valence-electron chi connectivity index (χ2n) is 10.1. The molecule has 2 aromatic heterocycles. The topological polar surface area (TPSA) is 186 Å². The minimum absolute atomic E-state index is 0.0359. The van der Waals surface area contributed by atoms with E-state index in [1.165, 1.54) is 18.3 Å². The van der Waals surface area contributed by atoms with E-state index in [2.05, 4.69) is 31.2 Å². The van der Waals surface area contributed by atoms with Crippen LogP contribution in [0.25, 0.3) is 0 Å². The van der Waals surface area contributed by atoms with Gasteiger partial charge in [0.2, 0.25) is 11.8 Å². The van der Waals surface area contributed by atoms with E-state index < -0.39 is 60.1 Å². The zero-order chi connectivity index (χ0) is 27.4. The van der Waals surface area contributed by atoms with E-state index in [4.69, 9.17) is 0 Å². The summed E-state index contributed by atoms with van der Waals surface area (Å²) in [4.78, 5) is 47.2. The van der Waals surface area contributed by atoms with Crippen molar-refractivity contribution in [2.45, 2.75) is 69.6 Å². The highest BCUT2D eigenvalue weighted by molar-refractivity contribution is 5.95. The van der Waals surface area contributed by atoms with E-state index in [0.717, 1.165) is 18.4 Å². The molecule has 2 aliphatic rings. The van der Waals surface area contributed by atoms with E-state index in [-0.39, 0.29) is 23.8 Å². The summed E-state index contributed by atoms with van der Waals surface area (Å²) >= 11 is 0. The number of nitrogens with zero attached hydrogens (tertiary/aromatic N) is 2. The van der Waals surface area contributed by atoms with Crippen LogP contribution >= 0.6 is 0 Å². The van der Waals surface area contributed by atoms with E-state index in [1.807, 2.05) is 6.07 Å². The van der Waals surface area contributed by atoms with Crippen molar-refractivity contribution in [3.63, 3.8) is 0 Å². The smallest absolute Gasteiger partial charge is 0.274 e. The van der Waals surface area contributed by atoms with Crippen molar-refractivity contribution in [2.75, 3.05) is 0 Å². The Bertz CT molecular complexity index is 1150. The van der Waals surface area contributed by atoms with Crippen molar-refractivity contribution in [1.29, 1.82) is 0 Å². The molecule has 3 heterocycles. The number of aliphatic hydroxyl groups is 2. The third kappa shape index (κ3) is 6.44. The molecule has 12 heteroatoms. The first-order chi connectivity index (χ1) is 18.2. The van der Waals surface area contributed by atoms with Gasteiger partial charge < -0.3 is 31.3 Å². The summed E-state index contributed by atoms with van der Waals surface area (Å²) in [5, 5.41) is 43.8. The fourth-order valence-corrected chi connectivity index (χ4v) is 4.66. The lowest BCUT2D eigenvalue weighted by Crippen LogP contribution is -2.65. The highest BCUT2D eigenvalue weighted by Crippen LogP contribution is 2.33. The fourth-order valence-electron chi connectivity index (χ4n) is 4.66. The summed E-state index contributed by atoms with van der Waals surface area (Å²) in [6.45, 7) is 3.17. The summed E-state index contributed by atoms with van der Waals surface area (Å²) in [6.07, 6.45) is 3.63. The molecule has 0 bridgehead atoms. The SMILES string of the molecule is CC1NC(=O)C(C2CC2)NC(=O)C(C)C(O)C(Cc2cccnc2)NC(O)C1NC(=O)c1ncccc1O. The molecule has 3 amide bonds. The summed E-state index contributed by atoms with van der Waals surface area (Å²) in [5.74, 6) is -2.97. The van der Waals surface area contributed by atoms with Crippen LogP contribution in [0.15, 0.2) is 42.9 Å². The molecule has 7 unspecified atom stereocenters. The number of carbonyl (C=O) groups excluding carboxylic acids is 3. The summed E-state index contributed by atoms with van der Waals surface area (Å²) in [7, 11) is 0. The fraction of sp³-hybridized carbons (Fsp3) is 0.500. The Kier molecular flexibility index (Phi) is 8.55. The lowest BCUT2D eigenvalue weighted by atomic mass is 9.91. The van der Waals surface area contributed by atoms with E-state index in [0.29, 0.717) is 0 Å². The van der Waals surface area contributed by atoms with Gasteiger partial charge in [-0.1, -0.05) is 13.0 Å². The van der Waals surface area contributed by atoms with Crippen LogP contribution in [0.5, 0.6) is 5.75 Å². The third-order valence-corrected chi connectivity index (χ3v) is 7.12. The van der Waals surface area contributed by atoms with Crippen LogP contribution in [-0.4, -0.2) is 79.5 Å². The van der Waals surface area contributed by atoms with Crippen molar-refractivity contribution >= 4 is 17.7 Å². The number of aliphatic hydroxyl groups excluding tert-OH is 2. The lowest BCUT2D eigenvalue weighted by Gasteiger charge is -2.37. The second-order valence-corrected chi connectivity index (χ2v) is 10.1. The molecule has 0 radical (unpaired) electrons. The van der Waals surface area contributed by atoms with Gasteiger partial charge in [0, 0.05) is 24.6 Å². The molecule has 12 nitrogen and oxygen atoms in total. The average Bonchev–Trinajstić information content (AvgIpc) is 3.74. The van der Waals surface area contributed by atoms with Gasteiger partial charge in [-0.25, -0.2) is 4.98 Å². The van der Waals surface area contributed by atoms with Gasteiger partial charge >= 0.3 is 0 Å². The number of pyridine rings is 2. The predicted octanol–water partition coefficient (Wildman–Crippen LogP) is -0.790. The van der Waals surface area contributed by atoms with Gasteiger partial charge in [0.15, 0.2) is 5.69 Å². The molecule has 0 aromatic carbocycles. The van der Waals surface area contributed by atoms with E-state index in [1.54, 1.807) is 32.3 Å². The first kappa shape index (κ1) is 27.4. The zero-order valence-electron chi connectivity index (χ0n) is 21.2. The Morgan fingerprint density at radius 1 is 1.08 bits per heavy atom. The minimum atomic E-state index is -1.47. The number of carbonyl (C=O) groups is 3. The molecule has 1 saturated heterocycles. The Balaban J connectivity index is 1.66. The Morgan fingerprint density at radius 3 is 2.47 bits per heavy atom. The van der Waals surface area contributed by atoms with E-state index >= 15 is 0 Å². The molecule has 0 spiro atoms. The second kappa shape index (κ2) is 11.8. The maximum Gasteiger partial charge on any atom is 0.274 e. The zero-order valence-corrected chi connectivity index (χ0v) is 21.2. The summed E-state index contributed by atoms with van der Waals surface area (Å²) < 4.78 is 0. The van der Waals surface area contributed by atoms with Gasteiger partial charge in [-0.2, -0.15) is 0 Å². The monoisotopic (exact) mass is 526 g/mol. The molecule has 2 aromatic rings. The highest BCUT2D eigenvalue weighted by atomic mass is 16.3. The van der Waals surface area contributed by atoms with Crippen molar-refractivity contribution in [2.24, 2.45) is 11.8 Å². The molecule has 7 atom stereocenters. The lowest BCUT2D eigenvalue weighted by molar-refractivity contribution is -0.135. The largest absolute Gasteiger partial charge is 0.505 e. The van der Waals surface area contributed by atoms with Crippen LogP contribution in [0.2, 0.25) is 0 Å². The van der Waals surface area contributed by atoms with E-state index in [9.17, 15) is 29.7 Å². The molecule has 2 fully saturated rings. The third-order valence-electron chi connectivity index (χ3n) is 7.12.